The SMILES string of the molecule is NC(=O)OCC(=O)c1ccc(Br)nc1. The molecular weight excluding hydrogens is 252 g/mol. The lowest BCUT2D eigenvalue weighted by Gasteiger charge is -2.00. The number of hydrogen-bond donors (Lipinski definition) is 1. The zero-order valence-electron chi connectivity index (χ0n) is 7.07. The van der Waals surface area contributed by atoms with E-state index in [1.54, 1.807) is 12.1 Å². The number of aromatic nitrogens is 1. The first-order valence-electron chi connectivity index (χ1n) is 3.66. The lowest BCUT2D eigenvalue weighted by atomic mass is 10.2. The summed E-state index contributed by atoms with van der Waals surface area (Å²) in [6.07, 6.45) is 0.417. The number of halogens is 1. The lowest BCUT2D eigenvalue weighted by molar-refractivity contribution is 0.0857. The molecular formula is C8H7BrN2O3. The summed E-state index contributed by atoms with van der Waals surface area (Å²) in [5, 5.41) is 0. The average Bonchev–Trinajstić information content (AvgIpc) is 2.15. The molecule has 0 saturated carbocycles. The highest BCUT2D eigenvalue weighted by atomic mass is 79.9. The minimum absolute atomic E-state index is 0.344. The zero-order chi connectivity index (χ0) is 10.6. The third-order valence-electron chi connectivity index (χ3n) is 1.39. The van der Waals surface area contributed by atoms with E-state index in [9.17, 15) is 9.59 Å². The Bertz CT molecular complexity index is 350. The normalized spacial score (nSPS) is 9.50. The van der Waals surface area contributed by atoms with Crippen LogP contribution in [0.3, 0.4) is 0 Å². The second-order valence-corrected chi connectivity index (χ2v) is 3.21. The molecule has 5 nitrogen and oxygen atoms in total. The molecule has 0 atom stereocenters. The van der Waals surface area contributed by atoms with Gasteiger partial charge in [-0.15, -0.1) is 0 Å². The molecule has 0 aliphatic carbocycles. The fraction of sp³-hybridized carbons (Fsp3) is 0.125. The van der Waals surface area contributed by atoms with Gasteiger partial charge >= 0.3 is 6.09 Å². The van der Waals surface area contributed by atoms with E-state index in [0.29, 0.717) is 10.2 Å². The molecule has 0 unspecified atom stereocenters. The highest BCUT2D eigenvalue weighted by Gasteiger charge is 2.07. The second kappa shape index (κ2) is 4.71. The van der Waals surface area contributed by atoms with Crippen LogP contribution in [-0.2, 0) is 4.74 Å². The van der Waals surface area contributed by atoms with Crippen molar-refractivity contribution < 1.29 is 14.3 Å². The number of ether oxygens (including phenoxy) is 1. The predicted octanol–water partition coefficient (Wildman–Crippen LogP) is 1.12. The largest absolute Gasteiger partial charge is 0.441 e. The molecule has 1 aromatic rings. The summed E-state index contributed by atoms with van der Waals surface area (Å²) in [5.74, 6) is -0.344. The van der Waals surface area contributed by atoms with Crippen molar-refractivity contribution >= 4 is 27.8 Å². The summed E-state index contributed by atoms with van der Waals surface area (Å²) in [7, 11) is 0. The maximum Gasteiger partial charge on any atom is 0.404 e. The molecule has 2 N–H and O–H groups in total. The summed E-state index contributed by atoms with van der Waals surface area (Å²) in [5.41, 5.74) is 5.08. The van der Waals surface area contributed by atoms with E-state index in [1.807, 2.05) is 0 Å². The summed E-state index contributed by atoms with van der Waals surface area (Å²) in [6, 6.07) is 3.20. The van der Waals surface area contributed by atoms with Gasteiger partial charge < -0.3 is 10.5 Å². The van der Waals surface area contributed by atoms with Crippen molar-refractivity contribution in [3.63, 3.8) is 0 Å². The Labute approximate surface area is 88.4 Å². The number of primary amides is 1. The number of nitrogens with zero attached hydrogens (tertiary/aromatic N) is 1. The third-order valence-corrected chi connectivity index (χ3v) is 1.86. The van der Waals surface area contributed by atoms with Gasteiger partial charge in [0.1, 0.15) is 4.60 Å². The number of amides is 1. The van der Waals surface area contributed by atoms with Crippen LogP contribution in [0.5, 0.6) is 0 Å². The first kappa shape index (κ1) is 10.6. The third kappa shape index (κ3) is 3.14. The van der Waals surface area contributed by atoms with Gasteiger partial charge in [-0.2, -0.15) is 0 Å². The van der Waals surface area contributed by atoms with Gasteiger partial charge in [0.2, 0.25) is 5.78 Å². The minimum Gasteiger partial charge on any atom is -0.441 e. The molecule has 0 aliphatic rings. The van der Waals surface area contributed by atoms with Gasteiger partial charge in [0.15, 0.2) is 6.61 Å². The summed E-state index contributed by atoms with van der Waals surface area (Å²) < 4.78 is 4.97. The Morgan fingerprint density at radius 2 is 2.21 bits per heavy atom. The topological polar surface area (TPSA) is 82.3 Å². The fourth-order valence-corrected chi connectivity index (χ4v) is 0.995. The molecule has 0 saturated heterocycles. The van der Waals surface area contributed by atoms with Crippen LogP contribution < -0.4 is 5.73 Å². The first-order chi connectivity index (χ1) is 6.59. The van der Waals surface area contributed by atoms with Gasteiger partial charge in [-0.05, 0) is 28.1 Å². The Morgan fingerprint density at radius 3 is 2.71 bits per heavy atom. The van der Waals surface area contributed by atoms with Crippen LogP contribution in [0.2, 0.25) is 0 Å². The molecule has 0 spiro atoms. The molecule has 1 aromatic heterocycles. The quantitative estimate of drug-likeness (QED) is 0.651. The maximum absolute atomic E-state index is 11.3. The highest BCUT2D eigenvalue weighted by Crippen LogP contribution is 2.06. The Hall–Kier alpha value is -1.43. The van der Waals surface area contributed by atoms with E-state index in [4.69, 9.17) is 5.73 Å². The Morgan fingerprint density at radius 1 is 1.50 bits per heavy atom. The summed E-state index contributed by atoms with van der Waals surface area (Å²) in [4.78, 5) is 25.3. The van der Waals surface area contributed by atoms with Crippen molar-refractivity contribution in [3.05, 3.63) is 28.5 Å². The number of Topliss-reactive ketones (excluding diaryl/α,β-unsaturated/α-hetero) is 1. The standard InChI is InChI=1S/C8H7BrN2O3/c9-7-2-1-5(3-11-7)6(12)4-14-8(10)13/h1-3H,4H2,(H2,10,13). The molecule has 14 heavy (non-hydrogen) atoms. The maximum atomic E-state index is 11.3. The molecule has 0 radical (unpaired) electrons. The van der Waals surface area contributed by atoms with Crippen LogP contribution in [0.25, 0.3) is 0 Å². The van der Waals surface area contributed by atoms with Crippen molar-refractivity contribution in [1.82, 2.24) is 4.98 Å². The van der Waals surface area contributed by atoms with E-state index in [1.165, 1.54) is 6.20 Å². The number of carbonyl (C=O) groups excluding carboxylic acids is 2. The van der Waals surface area contributed by atoms with Gasteiger partial charge in [-0.3, -0.25) is 4.79 Å². The number of pyridine rings is 1. The number of rotatable bonds is 3. The molecule has 1 rings (SSSR count). The average molecular weight is 259 g/mol. The van der Waals surface area contributed by atoms with Gasteiger partial charge in [0.05, 0.1) is 0 Å². The molecule has 74 valence electrons. The van der Waals surface area contributed by atoms with Crippen molar-refractivity contribution in [2.45, 2.75) is 0 Å². The number of nitrogens with two attached hydrogens (primary N) is 1. The molecule has 6 heteroatoms. The highest BCUT2D eigenvalue weighted by molar-refractivity contribution is 9.10. The zero-order valence-corrected chi connectivity index (χ0v) is 8.65. The van der Waals surface area contributed by atoms with E-state index >= 15 is 0 Å². The van der Waals surface area contributed by atoms with Crippen LogP contribution in [0.1, 0.15) is 10.4 Å². The van der Waals surface area contributed by atoms with E-state index in [0.717, 1.165) is 0 Å². The Kier molecular flexibility index (Phi) is 3.58. The van der Waals surface area contributed by atoms with Gasteiger partial charge in [0.25, 0.3) is 0 Å². The van der Waals surface area contributed by atoms with Crippen LogP contribution in [0.4, 0.5) is 4.79 Å². The van der Waals surface area contributed by atoms with E-state index in [2.05, 4.69) is 25.7 Å². The predicted molar refractivity (Wildman–Crippen MR) is 51.8 cm³/mol. The summed E-state index contributed by atoms with van der Waals surface area (Å²) in [6.45, 7) is -0.362. The lowest BCUT2D eigenvalue weighted by Crippen LogP contribution is -2.18. The van der Waals surface area contributed by atoms with Crippen molar-refractivity contribution in [3.8, 4) is 0 Å². The molecule has 0 aliphatic heterocycles. The van der Waals surface area contributed by atoms with Gasteiger partial charge in [-0.25, -0.2) is 9.78 Å². The molecule has 1 heterocycles. The van der Waals surface area contributed by atoms with Crippen LogP contribution in [0, 0.1) is 0 Å². The second-order valence-electron chi connectivity index (χ2n) is 2.40. The molecule has 0 fully saturated rings. The van der Waals surface area contributed by atoms with Crippen molar-refractivity contribution in [2.24, 2.45) is 5.73 Å². The van der Waals surface area contributed by atoms with Crippen LogP contribution >= 0.6 is 15.9 Å². The van der Waals surface area contributed by atoms with Gasteiger partial charge in [0, 0.05) is 11.8 Å². The van der Waals surface area contributed by atoms with Crippen molar-refractivity contribution in [2.75, 3.05) is 6.61 Å². The first-order valence-corrected chi connectivity index (χ1v) is 4.46. The van der Waals surface area contributed by atoms with Crippen LogP contribution in [0.15, 0.2) is 22.9 Å². The number of hydrogen-bond acceptors (Lipinski definition) is 4. The molecule has 1 amide bonds. The van der Waals surface area contributed by atoms with Crippen LogP contribution in [-0.4, -0.2) is 23.5 Å². The Balaban J connectivity index is 2.61. The number of ketones is 1. The summed E-state index contributed by atoms with van der Waals surface area (Å²) >= 11 is 3.13. The molecule has 0 aromatic carbocycles. The van der Waals surface area contributed by atoms with Gasteiger partial charge in [-0.1, -0.05) is 0 Å². The minimum atomic E-state index is -0.969. The smallest absolute Gasteiger partial charge is 0.404 e. The van der Waals surface area contributed by atoms with E-state index in [-0.39, 0.29) is 12.4 Å². The fourth-order valence-electron chi connectivity index (χ4n) is 0.761. The van der Waals surface area contributed by atoms with Crippen molar-refractivity contribution in [1.29, 1.82) is 0 Å². The molecule has 0 bridgehead atoms. The monoisotopic (exact) mass is 258 g/mol. The van der Waals surface area contributed by atoms with E-state index < -0.39 is 6.09 Å². The number of carbonyl (C=O) groups is 2.